The summed E-state index contributed by atoms with van der Waals surface area (Å²) in [5.41, 5.74) is 0.821. The molecule has 0 saturated heterocycles. The molecule has 12 nitrogen and oxygen atoms in total. The lowest BCUT2D eigenvalue weighted by Crippen LogP contribution is -2.36. The summed E-state index contributed by atoms with van der Waals surface area (Å²) in [6.07, 6.45) is 0. The van der Waals surface area contributed by atoms with Crippen molar-refractivity contribution >= 4 is 41.3 Å². The zero-order valence-corrected chi connectivity index (χ0v) is 20.7. The standard InChI is InChI=1S/C25H26N2O10/c1-14(28)17-5-8-19(9-6-17)26-21(31)12-27(13-22(32)33)11-18-7-10-20(25(34)35-4)24(37-16(3)30)23(18)36-15(2)29/h5-10H,11-13H2,1-4H3,(H,26,31)(H,32,33). The Morgan fingerprint density at radius 1 is 0.838 bits per heavy atom. The number of aliphatic carboxylic acids is 1. The predicted octanol–water partition coefficient (Wildman–Crippen LogP) is 2.05. The molecule has 0 heterocycles. The van der Waals surface area contributed by atoms with E-state index in [-0.39, 0.29) is 41.5 Å². The molecule has 196 valence electrons. The lowest BCUT2D eigenvalue weighted by atomic mass is 10.1. The summed E-state index contributed by atoms with van der Waals surface area (Å²) in [5.74, 6) is -5.08. The van der Waals surface area contributed by atoms with Crippen LogP contribution in [0.4, 0.5) is 5.69 Å². The first-order chi connectivity index (χ1) is 17.4. The van der Waals surface area contributed by atoms with Crippen LogP contribution in [0, 0.1) is 0 Å². The molecule has 0 aliphatic rings. The summed E-state index contributed by atoms with van der Waals surface area (Å²) in [5, 5.41) is 12.0. The molecule has 1 amide bonds. The van der Waals surface area contributed by atoms with Gasteiger partial charge in [-0.3, -0.25) is 28.9 Å². The molecule has 0 aliphatic heterocycles. The molecule has 0 aliphatic carbocycles. The van der Waals surface area contributed by atoms with Gasteiger partial charge in [-0.2, -0.15) is 0 Å². The Morgan fingerprint density at radius 3 is 1.95 bits per heavy atom. The van der Waals surface area contributed by atoms with Gasteiger partial charge in [-0.05, 0) is 37.3 Å². The summed E-state index contributed by atoms with van der Waals surface area (Å²) in [7, 11) is 1.11. The number of benzene rings is 2. The average molecular weight is 514 g/mol. The van der Waals surface area contributed by atoms with E-state index in [0.717, 1.165) is 21.0 Å². The van der Waals surface area contributed by atoms with E-state index in [1.807, 2.05) is 0 Å². The summed E-state index contributed by atoms with van der Waals surface area (Å²) in [4.78, 5) is 72.5. The summed E-state index contributed by atoms with van der Waals surface area (Å²) < 4.78 is 15.1. The Morgan fingerprint density at radius 2 is 1.43 bits per heavy atom. The Balaban J connectivity index is 2.38. The van der Waals surface area contributed by atoms with E-state index < -0.39 is 36.3 Å². The number of anilines is 1. The number of nitrogens with zero attached hydrogens (tertiary/aromatic N) is 1. The van der Waals surface area contributed by atoms with Gasteiger partial charge in [-0.15, -0.1) is 0 Å². The smallest absolute Gasteiger partial charge is 0.341 e. The van der Waals surface area contributed by atoms with Crippen molar-refractivity contribution in [2.24, 2.45) is 0 Å². The minimum atomic E-state index is -1.24. The fourth-order valence-corrected chi connectivity index (χ4v) is 3.29. The highest BCUT2D eigenvalue weighted by Gasteiger charge is 2.26. The van der Waals surface area contributed by atoms with Crippen LogP contribution in [0.5, 0.6) is 11.5 Å². The molecule has 2 rings (SSSR count). The van der Waals surface area contributed by atoms with Gasteiger partial charge in [0.05, 0.1) is 20.2 Å². The molecule has 2 N–H and O–H groups in total. The fourth-order valence-electron chi connectivity index (χ4n) is 3.29. The van der Waals surface area contributed by atoms with Gasteiger partial charge in [-0.25, -0.2) is 4.79 Å². The van der Waals surface area contributed by atoms with Gasteiger partial charge < -0.3 is 24.6 Å². The molecule has 2 aromatic carbocycles. The van der Waals surface area contributed by atoms with E-state index in [2.05, 4.69) is 5.32 Å². The van der Waals surface area contributed by atoms with Gasteiger partial charge in [0.15, 0.2) is 17.3 Å². The number of carbonyl (C=O) groups excluding carboxylic acids is 5. The number of carboxylic acids is 1. The molecule has 0 atom stereocenters. The van der Waals surface area contributed by atoms with Crippen LogP contribution in [0.2, 0.25) is 0 Å². The Kier molecular flexibility index (Phi) is 10.0. The number of Topliss-reactive ketones (excluding diaryl/α,β-unsaturated/α-hetero) is 1. The van der Waals surface area contributed by atoms with Gasteiger partial charge in [0.25, 0.3) is 0 Å². The lowest BCUT2D eigenvalue weighted by molar-refractivity contribution is -0.139. The number of hydrogen-bond acceptors (Lipinski definition) is 10. The normalized spacial score (nSPS) is 10.4. The Labute approximate surface area is 212 Å². The zero-order chi connectivity index (χ0) is 27.7. The minimum absolute atomic E-state index is 0.138. The molecule has 0 saturated carbocycles. The molecule has 2 aromatic rings. The number of carbonyl (C=O) groups is 6. The highest BCUT2D eigenvalue weighted by molar-refractivity contribution is 5.96. The zero-order valence-electron chi connectivity index (χ0n) is 20.7. The first-order valence-electron chi connectivity index (χ1n) is 10.9. The molecule has 0 fully saturated rings. The average Bonchev–Trinajstić information content (AvgIpc) is 2.80. The van der Waals surface area contributed by atoms with Crippen LogP contribution >= 0.6 is 0 Å². The number of ether oxygens (including phenoxy) is 3. The summed E-state index contributed by atoms with van der Waals surface area (Å²) in [6, 6.07) is 8.78. The predicted molar refractivity (Wildman–Crippen MR) is 128 cm³/mol. The van der Waals surface area contributed by atoms with Crippen molar-refractivity contribution in [2.75, 3.05) is 25.5 Å². The van der Waals surface area contributed by atoms with Gasteiger partial charge in [0.1, 0.15) is 5.56 Å². The first kappa shape index (κ1) is 28.7. The third kappa shape index (κ3) is 8.54. The number of amides is 1. The van der Waals surface area contributed by atoms with Crippen LogP contribution in [-0.2, 0) is 30.5 Å². The second-order valence-corrected chi connectivity index (χ2v) is 7.83. The number of esters is 3. The van der Waals surface area contributed by atoms with Crippen LogP contribution in [0.15, 0.2) is 36.4 Å². The van der Waals surface area contributed by atoms with Crippen molar-refractivity contribution < 1.29 is 48.1 Å². The van der Waals surface area contributed by atoms with E-state index >= 15 is 0 Å². The van der Waals surface area contributed by atoms with Crippen LogP contribution in [0.1, 0.15) is 47.1 Å². The summed E-state index contributed by atoms with van der Waals surface area (Å²) in [6.45, 7) is 2.38. The molecule has 37 heavy (non-hydrogen) atoms. The number of methoxy groups -OCH3 is 1. The fraction of sp³-hybridized carbons (Fsp3) is 0.280. The van der Waals surface area contributed by atoms with Gasteiger partial charge >= 0.3 is 23.9 Å². The number of rotatable bonds is 11. The Bertz CT molecular complexity index is 1220. The van der Waals surface area contributed by atoms with Crippen molar-refractivity contribution in [3.05, 3.63) is 53.1 Å². The maximum absolute atomic E-state index is 12.6. The van der Waals surface area contributed by atoms with Gasteiger partial charge in [-0.1, -0.05) is 6.07 Å². The summed E-state index contributed by atoms with van der Waals surface area (Å²) >= 11 is 0. The maximum Gasteiger partial charge on any atom is 0.341 e. The van der Waals surface area contributed by atoms with E-state index in [4.69, 9.17) is 14.2 Å². The molecule has 12 heteroatoms. The topological polar surface area (TPSA) is 166 Å². The number of nitrogens with one attached hydrogen (secondary N) is 1. The monoisotopic (exact) mass is 514 g/mol. The van der Waals surface area contributed by atoms with Crippen LogP contribution in [0.25, 0.3) is 0 Å². The Hall–Kier alpha value is -4.58. The van der Waals surface area contributed by atoms with Crippen molar-refractivity contribution in [1.82, 2.24) is 4.90 Å². The SMILES string of the molecule is COC(=O)c1ccc(CN(CC(=O)O)CC(=O)Nc2ccc(C(C)=O)cc2)c(OC(C)=O)c1OC(C)=O. The minimum Gasteiger partial charge on any atom is -0.480 e. The first-order valence-corrected chi connectivity index (χ1v) is 10.9. The highest BCUT2D eigenvalue weighted by atomic mass is 16.6. The number of ketones is 1. The largest absolute Gasteiger partial charge is 0.480 e. The quantitative estimate of drug-likeness (QED) is 0.256. The molecule has 0 bridgehead atoms. The second kappa shape index (κ2) is 12.9. The van der Waals surface area contributed by atoms with Crippen LogP contribution in [-0.4, -0.2) is 65.8 Å². The van der Waals surface area contributed by atoms with E-state index in [1.54, 1.807) is 0 Å². The van der Waals surface area contributed by atoms with Crippen molar-refractivity contribution in [1.29, 1.82) is 0 Å². The van der Waals surface area contributed by atoms with E-state index in [1.165, 1.54) is 48.2 Å². The van der Waals surface area contributed by atoms with E-state index in [9.17, 15) is 33.9 Å². The van der Waals surface area contributed by atoms with Gasteiger partial charge in [0.2, 0.25) is 5.91 Å². The second-order valence-electron chi connectivity index (χ2n) is 7.83. The maximum atomic E-state index is 12.6. The third-order valence-corrected chi connectivity index (χ3v) is 4.79. The molecule has 0 unspecified atom stereocenters. The third-order valence-electron chi connectivity index (χ3n) is 4.79. The van der Waals surface area contributed by atoms with Crippen molar-refractivity contribution in [3.8, 4) is 11.5 Å². The van der Waals surface area contributed by atoms with E-state index in [0.29, 0.717) is 11.3 Å². The highest BCUT2D eigenvalue weighted by Crippen LogP contribution is 2.37. The molecule has 0 aromatic heterocycles. The number of hydrogen-bond donors (Lipinski definition) is 2. The van der Waals surface area contributed by atoms with Crippen LogP contribution < -0.4 is 14.8 Å². The van der Waals surface area contributed by atoms with Crippen molar-refractivity contribution in [3.63, 3.8) is 0 Å². The number of carboxylic acid groups (broad SMARTS) is 1. The molecule has 0 radical (unpaired) electrons. The lowest BCUT2D eigenvalue weighted by Gasteiger charge is -2.22. The molecule has 0 spiro atoms. The van der Waals surface area contributed by atoms with Crippen LogP contribution in [0.3, 0.4) is 0 Å². The molecular formula is C25H26N2O10. The van der Waals surface area contributed by atoms with Crippen molar-refractivity contribution in [2.45, 2.75) is 27.3 Å². The van der Waals surface area contributed by atoms with Gasteiger partial charge in [0, 0.05) is 37.2 Å². The molecular weight excluding hydrogens is 488 g/mol.